The van der Waals surface area contributed by atoms with E-state index in [1.807, 2.05) is 0 Å². The van der Waals surface area contributed by atoms with Gasteiger partial charge in [-0.25, -0.2) is 0 Å². The van der Waals surface area contributed by atoms with Crippen molar-refractivity contribution < 1.29 is 0 Å². The molecule has 0 fully saturated rings. The molecule has 0 amide bonds. The van der Waals surface area contributed by atoms with Crippen LogP contribution < -0.4 is 0 Å². The monoisotopic (exact) mass is 357 g/mol. The van der Waals surface area contributed by atoms with E-state index in [2.05, 4.69) is 91.2 Å². The first-order chi connectivity index (χ1) is 9.62. The Morgan fingerprint density at radius 2 is 1.14 bits per heavy atom. The number of rotatable bonds is 6. The molecule has 0 radical (unpaired) electrons. The van der Waals surface area contributed by atoms with Gasteiger partial charge in [-0.3, -0.25) is 0 Å². The van der Waals surface area contributed by atoms with Crippen molar-refractivity contribution in [2.75, 3.05) is 0 Å². The first-order valence-corrected chi connectivity index (χ1v) is 16.4. The van der Waals surface area contributed by atoms with Gasteiger partial charge in [0.2, 0.25) is 0 Å². The zero-order valence-corrected chi connectivity index (χ0v) is 21.1. The second-order valence-electron chi connectivity index (χ2n) is 9.80. The van der Waals surface area contributed by atoms with E-state index in [-0.39, 0.29) is 9.68 Å². The number of nitrogens with zero attached hydrogens (tertiary/aromatic N) is 1. The molecule has 132 valence electrons. The molecule has 0 N–H and O–H groups in total. The molecule has 0 rings (SSSR count). The third-order valence-electron chi connectivity index (χ3n) is 6.49. The van der Waals surface area contributed by atoms with E-state index in [1.54, 1.807) is 5.57 Å². The topological polar surface area (TPSA) is 3.24 Å². The van der Waals surface area contributed by atoms with Crippen LogP contribution in [-0.4, -0.2) is 30.0 Å². The average Bonchev–Trinajstić information content (AvgIpc) is 2.31. The van der Waals surface area contributed by atoms with Crippen molar-refractivity contribution in [1.29, 1.82) is 0 Å². The zero-order valence-electron chi connectivity index (χ0n) is 17.6. The Morgan fingerprint density at radius 3 is 1.36 bits per heavy atom. The van der Waals surface area contributed by atoms with Crippen LogP contribution in [0.25, 0.3) is 0 Å². The van der Waals surface area contributed by atoms with Gasteiger partial charge < -0.3 is 3.90 Å². The van der Waals surface area contributed by atoms with Gasteiger partial charge in [0, 0.05) is 0 Å². The molecule has 0 bridgehead atoms. The van der Waals surface area contributed by atoms with Crippen molar-refractivity contribution in [3.63, 3.8) is 0 Å². The molecule has 0 atom stereocenters. The molecule has 0 saturated carbocycles. The van der Waals surface area contributed by atoms with Gasteiger partial charge in [-0.2, -0.15) is 0 Å². The van der Waals surface area contributed by atoms with Crippen molar-refractivity contribution in [3.8, 4) is 0 Å². The Labute approximate surface area is 146 Å². The molecule has 0 aromatic heterocycles. The lowest BCUT2D eigenvalue weighted by molar-refractivity contribution is 0.630. The van der Waals surface area contributed by atoms with Crippen molar-refractivity contribution in [1.82, 2.24) is 3.90 Å². The van der Waals surface area contributed by atoms with E-state index in [9.17, 15) is 0 Å². The summed E-state index contributed by atoms with van der Waals surface area (Å²) in [5, 5.41) is 0.865. The summed E-state index contributed by atoms with van der Waals surface area (Å²) < 4.78 is 3.14. The van der Waals surface area contributed by atoms with Gasteiger partial charge >= 0.3 is 0 Å². The van der Waals surface area contributed by atoms with Crippen molar-refractivity contribution in [3.05, 3.63) is 11.3 Å². The second-order valence-corrected chi connectivity index (χ2v) is 23.2. The summed E-state index contributed by atoms with van der Waals surface area (Å²) in [6, 6.07) is 0. The summed E-state index contributed by atoms with van der Waals surface area (Å²) in [4.78, 5) is 0. The molecule has 0 unspecified atom stereocenters. The maximum Gasteiger partial charge on any atom is 0.114 e. The maximum atomic E-state index is 3.14. The minimum atomic E-state index is -1.46. The SMILES string of the molecule is CCC(=C[SiH2]N([Si](C)(C)C(C)(C)C)[Si](C)(C)C(C)(C)C)CC. The lowest BCUT2D eigenvalue weighted by Gasteiger charge is -2.57. The van der Waals surface area contributed by atoms with Gasteiger partial charge in [0.05, 0.1) is 0 Å². The van der Waals surface area contributed by atoms with Gasteiger partial charge in [-0.05, 0) is 22.9 Å². The van der Waals surface area contributed by atoms with Crippen LogP contribution in [0.15, 0.2) is 11.3 Å². The van der Waals surface area contributed by atoms with E-state index in [0.717, 1.165) is 0 Å². The van der Waals surface area contributed by atoms with E-state index >= 15 is 0 Å². The van der Waals surface area contributed by atoms with Gasteiger partial charge in [-0.15, -0.1) is 0 Å². The van der Waals surface area contributed by atoms with Crippen molar-refractivity contribution >= 4 is 26.2 Å². The normalized spacial score (nSPS) is 15.0. The molecular weight excluding hydrogens is 314 g/mol. The highest BCUT2D eigenvalue weighted by molar-refractivity contribution is 6.99. The van der Waals surface area contributed by atoms with Gasteiger partial charge in [0.15, 0.2) is 0 Å². The molecule has 0 heterocycles. The third kappa shape index (κ3) is 4.92. The summed E-state index contributed by atoms with van der Waals surface area (Å²) in [6.45, 7) is 29.9. The van der Waals surface area contributed by atoms with E-state index < -0.39 is 16.5 Å². The van der Waals surface area contributed by atoms with Gasteiger partial charge in [-0.1, -0.05) is 92.9 Å². The van der Waals surface area contributed by atoms with Crippen LogP contribution in [0.4, 0.5) is 0 Å². The van der Waals surface area contributed by atoms with E-state index in [4.69, 9.17) is 0 Å². The minimum absolute atomic E-state index is 0.317. The Morgan fingerprint density at radius 1 is 0.818 bits per heavy atom. The van der Waals surface area contributed by atoms with Crippen LogP contribution in [0.3, 0.4) is 0 Å². The fraction of sp³-hybridized carbons (Fsp3) is 0.889. The predicted molar refractivity (Wildman–Crippen MR) is 113 cm³/mol. The van der Waals surface area contributed by atoms with Crippen LogP contribution in [0.1, 0.15) is 68.2 Å². The summed E-state index contributed by atoms with van der Waals surface area (Å²) in [5.41, 5.74) is 4.36. The Bertz CT molecular complexity index is 352. The maximum absolute atomic E-state index is 3.14. The highest BCUT2D eigenvalue weighted by Gasteiger charge is 2.50. The predicted octanol–water partition coefficient (Wildman–Crippen LogP) is 6.09. The average molecular weight is 358 g/mol. The molecule has 4 heteroatoms. The fourth-order valence-corrected chi connectivity index (χ4v) is 20.0. The first-order valence-electron chi connectivity index (χ1n) is 9.08. The van der Waals surface area contributed by atoms with Crippen molar-refractivity contribution in [2.24, 2.45) is 0 Å². The van der Waals surface area contributed by atoms with Gasteiger partial charge in [0.25, 0.3) is 0 Å². The summed E-state index contributed by atoms with van der Waals surface area (Å²) >= 11 is 0. The molecule has 0 aromatic rings. The highest BCUT2D eigenvalue weighted by atomic mass is 28.5. The van der Waals surface area contributed by atoms with Crippen LogP contribution in [0.5, 0.6) is 0 Å². The molecule has 22 heavy (non-hydrogen) atoms. The Balaban J connectivity index is 5.87. The largest absolute Gasteiger partial charge is 0.369 e. The molecule has 0 aliphatic carbocycles. The van der Waals surface area contributed by atoms with Crippen LogP contribution in [0.2, 0.25) is 36.3 Å². The summed E-state index contributed by atoms with van der Waals surface area (Å²) in [6.07, 6.45) is 2.46. The molecule has 0 spiro atoms. The number of allylic oxidation sites excluding steroid dienone is 1. The summed E-state index contributed by atoms with van der Waals surface area (Å²) in [7, 11) is -3.24. The molecule has 0 aromatic carbocycles. The second kappa shape index (κ2) is 7.49. The molecule has 0 saturated heterocycles. The van der Waals surface area contributed by atoms with Crippen molar-refractivity contribution in [2.45, 2.75) is 104 Å². The van der Waals surface area contributed by atoms with Crippen LogP contribution >= 0.6 is 0 Å². The third-order valence-corrected chi connectivity index (χ3v) is 26.9. The van der Waals surface area contributed by atoms with E-state index in [0.29, 0.717) is 10.1 Å². The van der Waals surface area contributed by atoms with Crippen LogP contribution in [-0.2, 0) is 0 Å². The lowest BCUT2D eigenvalue weighted by atomic mass is 10.2. The molecule has 0 aliphatic rings. The number of hydrogen-bond acceptors (Lipinski definition) is 1. The Kier molecular flexibility index (Phi) is 7.61. The zero-order chi connectivity index (χ0) is 18.0. The lowest BCUT2D eigenvalue weighted by Crippen LogP contribution is -2.69. The van der Waals surface area contributed by atoms with E-state index in [1.165, 1.54) is 12.8 Å². The summed E-state index contributed by atoms with van der Waals surface area (Å²) in [5.74, 6) is 0. The minimum Gasteiger partial charge on any atom is -0.369 e. The number of hydrogen-bond donors (Lipinski definition) is 0. The highest BCUT2D eigenvalue weighted by Crippen LogP contribution is 2.46. The first kappa shape index (κ1) is 22.4. The Hall–Kier alpha value is 0.351. The standard InChI is InChI=1S/C18H43NSi3/c1-13-16(14-2)15-20-19(21(9,10)17(3,4)5)22(11,12)18(6,7)8/h15H,13-14,20H2,1-12H3. The molecule has 0 aliphatic heterocycles. The van der Waals surface area contributed by atoms with Crippen LogP contribution in [0, 0.1) is 0 Å². The van der Waals surface area contributed by atoms with Gasteiger partial charge in [0.1, 0.15) is 26.2 Å². The quantitative estimate of drug-likeness (QED) is 0.520. The molecular formula is C18H43NSi3. The smallest absolute Gasteiger partial charge is 0.114 e. The fourth-order valence-electron chi connectivity index (χ4n) is 2.72. The molecule has 1 nitrogen and oxygen atoms in total.